The number of hydroxylamine groups is 2. The van der Waals surface area contributed by atoms with E-state index in [1.807, 2.05) is 32.1 Å². The van der Waals surface area contributed by atoms with Crippen LogP contribution in [0.5, 0.6) is 0 Å². The van der Waals surface area contributed by atoms with Gasteiger partial charge in [0.15, 0.2) is 6.23 Å². The Kier molecular flexibility index (Phi) is 6.30. The normalized spacial score (nSPS) is 21.7. The van der Waals surface area contributed by atoms with Gasteiger partial charge in [0.2, 0.25) is 5.76 Å². The molecule has 0 radical (unpaired) electrons. The van der Waals surface area contributed by atoms with Gasteiger partial charge in [-0.25, -0.2) is 9.59 Å². The average Bonchev–Trinajstić information content (AvgIpc) is 3.69. The van der Waals surface area contributed by atoms with Gasteiger partial charge in [-0.3, -0.25) is 0 Å². The molecule has 8 heteroatoms. The molecule has 1 saturated heterocycles. The molecule has 0 N–H and O–H groups in total. The van der Waals surface area contributed by atoms with E-state index < -0.39 is 29.1 Å². The maximum Gasteiger partial charge on any atom is 0.376 e. The van der Waals surface area contributed by atoms with Crippen LogP contribution >= 0.6 is 0 Å². The number of furan rings is 1. The summed E-state index contributed by atoms with van der Waals surface area (Å²) in [6, 6.07) is 22.7. The number of rotatable bonds is 7. The molecule has 43 heavy (non-hydrogen) atoms. The SMILES string of the molecule is COC(=O)C1=C(C(=O)OC)[C@]2(/C=C/c3ccc4ccc5cccc6ccc3c4c56)CC(C)(C)[C@@H](OCc3ccco3)N2O1. The summed E-state index contributed by atoms with van der Waals surface area (Å²) in [7, 11) is 2.54. The van der Waals surface area contributed by atoms with Gasteiger partial charge in [-0.2, -0.15) is 0 Å². The fraction of sp³-hybridized carbons (Fsp3) is 0.257. The minimum Gasteiger partial charge on any atom is -0.467 e. The minimum absolute atomic E-state index is 0.0768. The second kappa shape index (κ2) is 9.97. The van der Waals surface area contributed by atoms with Crippen LogP contribution in [0.15, 0.2) is 94.8 Å². The molecule has 1 fully saturated rings. The Hall–Kier alpha value is -4.66. The maximum absolute atomic E-state index is 13.4. The summed E-state index contributed by atoms with van der Waals surface area (Å²) in [6.07, 6.45) is 5.26. The summed E-state index contributed by atoms with van der Waals surface area (Å²) in [5.74, 6) is -1.01. The molecule has 2 aliphatic heterocycles. The van der Waals surface area contributed by atoms with Gasteiger partial charge in [-0.05, 0) is 56.4 Å². The lowest BCUT2D eigenvalue weighted by molar-refractivity contribution is -0.244. The van der Waals surface area contributed by atoms with E-state index >= 15 is 0 Å². The van der Waals surface area contributed by atoms with Gasteiger partial charge in [0.05, 0.1) is 20.5 Å². The van der Waals surface area contributed by atoms with Gasteiger partial charge < -0.3 is 23.5 Å². The maximum atomic E-state index is 13.4. The molecule has 0 unspecified atom stereocenters. The van der Waals surface area contributed by atoms with Gasteiger partial charge in [-0.15, -0.1) is 0 Å². The predicted octanol–water partition coefficient (Wildman–Crippen LogP) is 6.75. The topological polar surface area (TPSA) is 87.4 Å². The van der Waals surface area contributed by atoms with E-state index in [4.69, 9.17) is 23.5 Å². The fourth-order valence-corrected chi connectivity index (χ4v) is 6.85. The molecule has 7 rings (SSSR count). The Bertz CT molecular complexity index is 1920. The molecule has 1 aromatic heterocycles. The third-order valence-electron chi connectivity index (χ3n) is 8.67. The van der Waals surface area contributed by atoms with Crippen LogP contribution in [0.2, 0.25) is 0 Å². The molecule has 4 aromatic carbocycles. The highest BCUT2D eigenvalue weighted by Gasteiger charge is 2.65. The van der Waals surface area contributed by atoms with Gasteiger partial charge in [-0.1, -0.05) is 85.7 Å². The number of esters is 2. The van der Waals surface area contributed by atoms with Crippen molar-refractivity contribution in [3.05, 3.63) is 102 Å². The standard InChI is InChI=1S/C35H31NO7/c1-34(2)20-35(17-16-21-10-11-24-13-12-22-7-5-8-23-14-15-26(21)28(24)27(22)23)29(31(37)39-3)30(32(38)40-4)43-36(35)33(34)42-19-25-9-6-18-41-25/h5-18,33H,19-20H2,1-4H3/b17-16+/t33-,35+/m1/s1. The van der Waals surface area contributed by atoms with Crippen LogP contribution in [0.4, 0.5) is 0 Å². The molecular weight excluding hydrogens is 546 g/mol. The number of nitrogens with zero attached hydrogens (tertiary/aromatic N) is 1. The molecule has 3 heterocycles. The summed E-state index contributed by atoms with van der Waals surface area (Å²) in [6.45, 7) is 4.26. The number of benzene rings is 4. The van der Waals surface area contributed by atoms with E-state index in [1.54, 1.807) is 17.4 Å². The van der Waals surface area contributed by atoms with Gasteiger partial charge in [0, 0.05) is 5.41 Å². The monoisotopic (exact) mass is 577 g/mol. The molecule has 0 amide bonds. The molecule has 0 aliphatic carbocycles. The Morgan fingerprint density at radius 3 is 2.30 bits per heavy atom. The van der Waals surface area contributed by atoms with E-state index in [9.17, 15) is 9.59 Å². The Morgan fingerprint density at radius 1 is 0.907 bits per heavy atom. The lowest BCUT2D eigenvalue weighted by atomic mass is 9.78. The zero-order chi connectivity index (χ0) is 29.9. The highest BCUT2D eigenvalue weighted by atomic mass is 16.7. The zero-order valence-electron chi connectivity index (χ0n) is 24.4. The van der Waals surface area contributed by atoms with E-state index in [1.165, 1.54) is 35.8 Å². The second-order valence-electron chi connectivity index (χ2n) is 11.8. The summed E-state index contributed by atoms with van der Waals surface area (Å²) >= 11 is 0. The number of carbonyl (C=O) groups is 2. The van der Waals surface area contributed by atoms with Crippen molar-refractivity contribution in [2.45, 2.75) is 38.6 Å². The predicted molar refractivity (Wildman–Crippen MR) is 162 cm³/mol. The first-order chi connectivity index (χ1) is 20.8. The third kappa shape index (κ3) is 4.12. The fourth-order valence-electron chi connectivity index (χ4n) is 6.85. The second-order valence-corrected chi connectivity index (χ2v) is 11.8. The van der Waals surface area contributed by atoms with E-state index in [2.05, 4.69) is 54.6 Å². The van der Waals surface area contributed by atoms with Crippen molar-refractivity contribution in [2.75, 3.05) is 14.2 Å². The number of hydrogen-bond donors (Lipinski definition) is 0. The van der Waals surface area contributed by atoms with Crippen LogP contribution in [0, 0.1) is 5.41 Å². The van der Waals surface area contributed by atoms with Crippen molar-refractivity contribution in [1.29, 1.82) is 0 Å². The van der Waals surface area contributed by atoms with E-state index in [0.717, 1.165) is 16.3 Å². The molecule has 8 nitrogen and oxygen atoms in total. The largest absolute Gasteiger partial charge is 0.467 e. The number of carbonyl (C=O) groups excluding carboxylic acids is 2. The van der Waals surface area contributed by atoms with Crippen LogP contribution in [0.25, 0.3) is 38.4 Å². The highest BCUT2D eigenvalue weighted by molar-refractivity contribution is 6.24. The van der Waals surface area contributed by atoms with Gasteiger partial charge >= 0.3 is 11.9 Å². The van der Waals surface area contributed by atoms with Crippen molar-refractivity contribution >= 4 is 50.3 Å². The molecular formula is C35H31NO7. The third-order valence-corrected chi connectivity index (χ3v) is 8.67. The van der Waals surface area contributed by atoms with Crippen LogP contribution < -0.4 is 0 Å². The zero-order valence-corrected chi connectivity index (χ0v) is 24.4. The number of fused-ring (bicyclic) bond motifs is 1. The summed E-state index contributed by atoms with van der Waals surface area (Å²) in [5, 5.41) is 8.59. The summed E-state index contributed by atoms with van der Waals surface area (Å²) < 4.78 is 22.1. The smallest absolute Gasteiger partial charge is 0.376 e. The van der Waals surface area contributed by atoms with E-state index in [-0.39, 0.29) is 17.9 Å². The molecule has 0 saturated carbocycles. The molecule has 0 bridgehead atoms. The molecule has 218 valence electrons. The number of hydrogen-bond acceptors (Lipinski definition) is 8. The number of ether oxygens (including phenoxy) is 3. The van der Waals surface area contributed by atoms with Crippen molar-refractivity contribution in [2.24, 2.45) is 5.41 Å². The minimum atomic E-state index is -1.18. The van der Waals surface area contributed by atoms with E-state index in [0.29, 0.717) is 12.2 Å². The quantitative estimate of drug-likeness (QED) is 0.155. The lowest BCUT2D eigenvalue weighted by Crippen LogP contribution is -2.45. The molecule has 5 aromatic rings. The Balaban J connectivity index is 1.39. The van der Waals surface area contributed by atoms with Crippen LogP contribution in [0.1, 0.15) is 31.6 Å². The van der Waals surface area contributed by atoms with Crippen molar-refractivity contribution in [3.8, 4) is 0 Å². The first-order valence-corrected chi connectivity index (χ1v) is 14.2. The average molecular weight is 578 g/mol. The van der Waals surface area contributed by atoms with Crippen LogP contribution in [-0.2, 0) is 35.2 Å². The summed E-state index contributed by atoms with van der Waals surface area (Å²) in [5.41, 5.74) is -0.653. The van der Waals surface area contributed by atoms with Crippen LogP contribution in [-0.4, -0.2) is 43.0 Å². The molecule has 0 spiro atoms. The van der Waals surface area contributed by atoms with Gasteiger partial charge in [0.1, 0.15) is 23.5 Å². The highest BCUT2D eigenvalue weighted by Crippen LogP contribution is 2.56. The Morgan fingerprint density at radius 2 is 1.60 bits per heavy atom. The first-order valence-electron chi connectivity index (χ1n) is 14.2. The lowest BCUT2D eigenvalue weighted by Gasteiger charge is -2.32. The number of methoxy groups -OCH3 is 2. The summed E-state index contributed by atoms with van der Waals surface area (Å²) in [4.78, 5) is 32.6. The molecule has 2 aliphatic rings. The molecule has 2 atom stereocenters. The van der Waals surface area contributed by atoms with Crippen molar-refractivity contribution in [3.63, 3.8) is 0 Å². The van der Waals surface area contributed by atoms with Crippen molar-refractivity contribution < 1.29 is 33.1 Å². The van der Waals surface area contributed by atoms with Crippen molar-refractivity contribution in [1.82, 2.24) is 5.06 Å². The van der Waals surface area contributed by atoms with Crippen LogP contribution in [0.3, 0.4) is 0 Å². The Labute approximate surface area is 248 Å². The first kappa shape index (κ1) is 27.2. The van der Waals surface area contributed by atoms with Gasteiger partial charge in [0.25, 0.3) is 0 Å².